The van der Waals surface area contributed by atoms with Crippen LogP contribution in [0.1, 0.15) is 11.1 Å². The number of anilines is 1. The highest BCUT2D eigenvalue weighted by Crippen LogP contribution is 2.29. The van der Waals surface area contributed by atoms with Crippen molar-refractivity contribution in [3.63, 3.8) is 0 Å². The summed E-state index contributed by atoms with van der Waals surface area (Å²) in [6, 6.07) is 12.9. The first-order chi connectivity index (χ1) is 11.9. The van der Waals surface area contributed by atoms with Crippen LogP contribution in [0.15, 0.2) is 53.5 Å². The molecule has 0 aliphatic rings. The maximum atomic E-state index is 12.4. The van der Waals surface area contributed by atoms with Crippen LogP contribution in [-0.4, -0.2) is 24.0 Å². The number of aliphatic hydroxyl groups excluding tert-OH is 1. The molecule has 26 heavy (non-hydrogen) atoms. The minimum atomic E-state index is -4.79. The zero-order valence-electron chi connectivity index (χ0n) is 13.7. The maximum absolute atomic E-state index is 12.4. The van der Waals surface area contributed by atoms with Crippen molar-refractivity contribution >= 4 is 35.6 Å². The predicted octanol–water partition coefficient (Wildman–Crippen LogP) is 3.66. The second-order valence-electron chi connectivity index (χ2n) is 5.16. The molecule has 2 aromatic carbocycles. The molecule has 0 bridgehead atoms. The SMILES string of the molecule is I.NC(=NCCc1ccc(CO)cc1)Nc1ccccc1OC(F)(F)F. The fraction of sp³-hybridized carbons (Fsp3) is 0.235. The number of nitrogens with zero attached hydrogens (tertiary/aromatic N) is 1. The number of hydrogen-bond acceptors (Lipinski definition) is 3. The van der Waals surface area contributed by atoms with E-state index in [-0.39, 0.29) is 48.0 Å². The van der Waals surface area contributed by atoms with Gasteiger partial charge in [-0.25, -0.2) is 0 Å². The van der Waals surface area contributed by atoms with Crippen LogP contribution in [0, 0.1) is 0 Å². The molecule has 0 aliphatic carbocycles. The first kappa shape index (κ1) is 22.0. The van der Waals surface area contributed by atoms with Gasteiger partial charge in [0.1, 0.15) is 0 Å². The third-order valence-electron chi connectivity index (χ3n) is 3.26. The number of guanidine groups is 1. The Morgan fingerprint density at radius 1 is 1.08 bits per heavy atom. The summed E-state index contributed by atoms with van der Waals surface area (Å²) >= 11 is 0. The number of alkyl halides is 3. The van der Waals surface area contributed by atoms with Crippen molar-refractivity contribution in [3.8, 4) is 5.75 Å². The zero-order chi connectivity index (χ0) is 18.3. The second kappa shape index (κ2) is 10.2. The van der Waals surface area contributed by atoms with Gasteiger partial charge in [-0.15, -0.1) is 37.1 Å². The smallest absolute Gasteiger partial charge is 0.404 e. The number of ether oxygens (including phenoxy) is 1. The number of halogens is 4. The van der Waals surface area contributed by atoms with Gasteiger partial charge in [0, 0.05) is 6.54 Å². The van der Waals surface area contributed by atoms with Crippen LogP contribution in [0.25, 0.3) is 0 Å². The molecule has 0 saturated heterocycles. The lowest BCUT2D eigenvalue weighted by atomic mass is 10.1. The number of hydrogen-bond donors (Lipinski definition) is 3. The average molecular weight is 481 g/mol. The number of nitrogens with two attached hydrogens (primary N) is 1. The summed E-state index contributed by atoms with van der Waals surface area (Å²) in [7, 11) is 0. The summed E-state index contributed by atoms with van der Waals surface area (Å²) in [5.41, 5.74) is 7.62. The van der Waals surface area contributed by atoms with E-state index in [1.807, 2.05) is 24.3 Å². The summed E-state index contributed by atoms with van der Waals surface area (Å²) in [6.07, 6.45) is -4.18. The van der Waals surface area contributed by atoms with E-state index >= 15 is 0 Å². The average Bonchev–Trinajstić information content (AvgIpc) is 2.56. The highest BCUT2D eigenvalue weighted by Gasteiger charge is 2.32. The molecule has 0 aliphatic heterocycles. The van der Waals surface area contributed by atoms with Crippen molar-refractivity contribution < 1.29 is 23.0 Å². The number of benzene rings is 2. The van der Waals surface area contributed by atoms with Gasteiger partial charge in [-0.3, -0.25) is 4.99 Å². The number of para-hydroxylation sites is 2. The van der Waals surface area contributed by atoms with E-state index in [4.69, 9.17) is 10.8 Å². The number of rotatable bonds is 6. The summed E-state index contributed by atoms with van der Waals surface area (Å²) in [5.74, 6) is -0.391. The maximum Gasteiger partial charge on any atom is 0.573 e. The third kappa shape index (κ3) is 7.48. The molecule has 0 unspecified atom stereocenters. The van der Waals surface area contributed by atoms with Crippen molar-refractivity contribution in [3.05, 3.63) is 59.7 Å². The minimum Gasteiger partial charge on any atom is -0.404 e. The molecule has 4 N–H and O–H groups in total. The molecule has 0 heterocycles. The van der Waals surface area contributed by atoms with Crippen LogP contribution >= 0.6 is 24.0 Å². The topological polar surface area (TPSA) is 79.9 Å². The van der Waals surface area contributed by atoms with Gasteiger partial charge in [0.15, 0.2) is 11.7 Å². The molecule has 2 aromatic rings. The van der Waals surface area contributed by atoms with E-state index < -0.39 is 6.36 Å². The number of nitrogens with one attached hydrogen (secondary N) is 1. The Morgan fingerprint density at radius 3 is 2.31 bits per heavy atom. The Labute approximate surface area is 166 Å². The standard InChI is InChI=1S/C17H18F3N3O2.HI/c18-17(19,20)25-15-4-2-1-3-14(15)23-16(21)22-10-9-12-5-7-13(11-24)8-6-12;/h1-8,24H,9-11H2,(H3,21,22,23);1H. The third-order valence-corrected chi connectivity index (χ3v) is 3.26. The lowest BCUT2D eigenvalue weighted by molar-refractivity contribution is -0.274. The van der Waals surface area contributed by atoms with Gasteiger partial charge >= 0.3 is 6.36 Å². The van der Waals surface area contributed by atoms with Gasteiger partial charge in [-0.2, -0.15) is 0 Å². The Morgan fingerprint density at radius 2 is 1.69 bits per heavy atom. The Kier molecular flexibility index (Phi) is 8.66. The first-order valence-corrected chi connectivity index (χ1v) is 7.48. The molecule has 2 rings (SSSR count). The molecule has 0 radical (unpaired) electrons. The summed E-state index contributed by atoms with van der Waals surface area (Å²) in [4.78, 5) is 4.09. The van der Waals surface area contributed by atoms with Crippen molar-refractivity contribution in [1.29, 1.82) is 0 Å². The molecule has 0 amide bonds. The molecule has 0 fully saturated rings. The van der Waals surface area contributed by atoms with Gasteiger partial charge < -0.3 is 20.9 Å². The summed E-state index contributed by atoms with van der Waals surface area (Å²) in [6.45, 7) is 0.342. The van der Waals surface area contributed by atoms with Gasteiger partial charge in [0.05, 0.1) is 12.3 Å². The van der Waals surface area contributed by atoms with Crippen LogP contribution in [0.3, 0.4) is 0 Å². The van der Waals surface area contributed by atoms with Gasteiger partial charge in [0.25, 0.3) is 0 Å². The lowest BCUT2D eigenvalue weighted by Gasteiger charge is -2.14. The van der Waals surface area contributed by atoms with E-state index in [0.29, 0.717) is 13.0 Å². The Hall–Kier alpha value is -2.01. The molecular weight excluding hydrogens is 462 g/mol. The quantitative estimate of drug-likeness (QED) is 0.335. The molecule has 9 heteroatoms. The fourth-order valence-electron chi connectivity index (χ4n) is 2.08. The number of aliphatic hydroxyl groups is 1. The predicted molar refractivity (Wildman–Crippen MR) is 105 cm³/mol. The molecule has 5 nitrogen and oxygen atoms in total. The summed E-state index contributed by atoms with van der Waals surface area (Å²) < 4.78 is 41.1. The van der Waals surface area contributed by atoms with Crippen LogP contribution < -0.4 is 15.8 Å². The summed E-state index contributed by atoms with van der Waals surface area (Å²) in [5, 5.41) is 11.6. The van der Waals surface area contributed by atoms with Crippen LogP contribution in [-0.2, 0) is 13.0 Å². The molecule has 0 aromatic heterocycles. The molecule has 0 saturated carbocycles. The van der Waals surface area contributed by atoms with E-state index in [0.717, 1.165) is 11.1 Å². The Balaban J connectivity index is 0.00000338. The van der Waals surface area contributed by atoms with E-state index in [1.54, 1.807) is 6.07 Å². The van der Waals surface area contributed by atoms with Crippen molar-refractivity contribution in [2.45, 2.75) is 19.4 Å². The normalized spacial score (nSPS) is 11.6. The molecular formula is C17H19F3IN3O2. The van der Waals surface area contributed by atoms with Gasteiger partial charge in [-0.05, 0) is 29.7 Å². The number of aliphatic imine (C=N–C) groups is 1. The van der Waals surface area contributed by atoms with Crippen molar-refractivity contribution in [2.24, 2.45) is 10.7 Å². The highest BCUT2D eigenvalue weighted by molar-refractivity contribution is 14.0. The van der Waals surface area contributed by atoms with E-state index in [2.05, 4.69) is 15.0 Å². The van der Waals surface area contributed by atoms with E-state index in [1.165, 1.54) is 18.2 Å². The van der Waals surface area contributed by atoms with Crippen molar-refractivity contribution in [1.82, 2.24) is 0 Å². The Bertz CT molecular complexity index is 722. The van der Waals surface area contributed by atoms with Crippen LogP contribution in [0.4, 0.5) is 18.9 Å². The van der Waals surface area contributed by atoms with E-state index in [9.17, 15) is 13.2 Å². The van der Waals surface area contributed by atoms with Gasteiger partial charge in [-0.1, -0.05) is 36.4 Å². The van der Waals surface area contributed by atoms with Crippen LogP contribution in [0.2, 0.25) is 0 Å². The molecule has 0 spiro atoms. The second-order valence-corrected chi connectivity index (χ2v) is 5.16. The highest BCUT2D eigenvalue weighted by atomic mass is 127. The zero-order valence-corrected chi connectivity index (χ0v) is 16.0. The van der Waals surface area contributed by atoms with Crippen LogP contribution in [0.5, 0.6) is 5.75 Å². The monoisotopic (exact) mass is 481 g/mol. The first-order valence-electron chi connectivity index (χ1n) is 7.48. The van der Waals surface area contributed by atoms with Gasteiger partial charge in [0.2, 0.25) is 0 Å². The minimum absolute atomic E-state index is 0. The van der Waals surface area contributed by atoms with Crippen molar-refractivity contribution in [2.75, 3.05) is 11.9 Å². The molecule has 0 atom stereocenters. The fourth-order valence-corrected chi connectivity index (χ4v) is 2.08. The largest absolute Gasteiger partial charge is 0.573 e. The molecule has 142 valence electrons. The lowest BCUT2D eigenvalue weighted by Crippen LogP contribution is -2.24.